The second kappa shape index (κ2) is 9.82. The summed E-state index contributed by atoms with van der Waals surface area (Å²) in [4.78, 5) is 2.41. The Kier molecular flexibility index (Phi) is 8.86. The third kappa shape index (κ3) is 6.68. The third-order valence-electron chi connectivity index (χ3n) is 3.25. The van der Waals surface area contributed by atoms with Crippen LogP contribution < -0.4 is 10.1 Å². The van der Waals surface area contributed by atoms with Crippen LogP contribution in [-0.2, 0) is 6.54 Å². The fourth-order valence-electron chi connectivity index (χ4n) is 2.11. The van der Waals surface area contributed by atoms with Crippen molar-refractivity contribution in [3.63, 3.8) is 0 Å². The predicted molar refractivity (Wildman–Crippen MR) is 97.1 cm³/mol. The van der Waals surface area contributed by atoms with E-state index in [1.165, 1.54) is 5.56 Å². The molecule has 0 heterocycles. The van der Waals surface area contributed by atoms with E-state index in [4.69, 9.17) is 4.74 Å². The summed E-state index contributed by atoms with van der Waals surface area (Å²) in [5.41, 5.74) is 1.17. The molecular weight excluding hydrogens is 396 g/mol. The first kappa shape index (κ1) is 18.9. The molecule has 120 valence electrons. The number of nitrogens with zero attached hydrogens (tertiary/aromatic N) is 1. The predicted octanol–water partition coefficient (Wildman–Crippen LogP) is 4.43. The minimum Gasteiger partial charge on any atom is -0.489 e. The molecule has 0 aliphatic rings. The number of hydrogen-bond donors (Lipinski definition) is 1. The van der Waals surface area contributed by atoms with Crippen LogP contribution in [0.15, 0.2) is 21.1 Å². The van der Waals surface area contributed by atoms with Crippen LogP contribution in [0.25, 0.3) is 0 Å². The smallest absolute Gasteiger partial charge is 0.138 e. The molecule has 1 rings (SSSR count). The van der Waals surface area contributed by atoms with Gasteiger partial charge in [0.25, 0.3) is 0 Å². The molecule has 3 nitrogen and oxygen atoms in total. The lowest BCUT2D eigenvalue weighted by molar-refractivity contribution is 0.237. The lowest BCUT2D eigenvalue weighted by Gasteiger charge is -2.19. The standard InChI is InChI=1S/C16H26Br2N2O/c1-5-20(6-2)8-7-19-11-13-9-14(17)10-15(18)16(13)21-12(3)4/h9-10,12,19H,5-8,11H2,1-4H3. The van der Waals surface area contributed by atoms with Crippen molar-refractivity contribution in [2.24, 2.45) is 0 Å². The highest BCUT2D eigenvalue weighted by molar-refractivity contribution is 9.11. The van der Waals surface area contributed by atoms with Crippen LogP contribution in [0.3, 0.4) is 0 Å². The third-order valence-corrected chi connectivity index (χ3v) is 4.30. The minimum atomic E-state index is 0.164. The van der Waals surface area contributed by atoms with E-state index < -0.39 is 0 Å². The first-order chi connectivity index (χ1) is 9.97. The number of nitrogens with one attached hydrogen (secondary N) is 1. The summed E-state index contributed by atoms with van der Waals surface area (Å²) >= 11 is 7.14. The number of halogens is 2. The fraction of sp³-hybridized carbons (Fsp3) is 0.625. The zero-order valence-electron chi connectivity index (χ0n) is 13.4. The van der Waals surface area contributed by atoms with Crippen molar-refractivity contribution in [1.29, 1.82) is 0 Å². The highest BCUT2D eigenvalue weighted by atomic mass is 79.9. The van der Waals surface area contributed by atoms with Gasteiger partial charge in [0, 0.05) is 29.7 Å². The number of rotatable bonds is 9. The molecule has 0 saturated carbocycles. The van der Waals surface area contributed by atoms with Crippen LogP contribution >= 0.6 is 31.9 Å². The fourth-order valence-corrected chi connectivity index (χ4v) is 3.52. The van der Waals surface area contributed by atoms with Crippen molar-refractivity contribution in [2.45, 2.75) is 40.3 Å². The Bertz CT molecular complexity index is 435. The van der Waals surface area contributed by atoms with E-state index in [9.17, 15) is 0 Å². The maximum atomic E-state index is 5.93. The average Bonchev–Trinajstić information content (AvgIpc) is 2.42. The molecule has 1 aromatic rings. The van der Waals surface area contributed by atoms with Gasteiger partial charge in [-0.05, 0) is 55.0 Å². The van der Waals surface area contributed by atoms with Crippen molar-refractivity contribution >= 4 is 31.9 Å². The summed E-state index contributed by atoms with van der Waals surface area (Å²) in [6.07, 6.45) is 0.164. The van der Waals surface area contributed by atoms with Gasteiger partial charge < -0.3 is 15.0 Å². The van der Waals surface area contributed by atoms with Gasteiger partial charge in [-0.3, -0.25) is 0 Å². The number of hydrogen-bond acceptors (Lipinski definition) is 3. The summed E-state index contributed by atoms with van der Waals surface area (Å²) in [6.45, 7) is 13.5. The molecule has 0 amide bonds. The van der Waals surface area contributed by atoms with E-state index in [0.29, 0.717) is 0 Å². The summed E-state index contributed by atoms with van der Waals surface area (Å²) in [5.74, 6) is 0.934. The van der Waals surface area contributed by atoms with Gasteiger partial charge in [-0.25, -0.2) is 0 Å². The maximum absolute atomic E-state index is 5.93. The molecule has 0 aliphatic heterocycles. The number of ether oxygens (including phenoxy) is 1. The molecule has 5 heteroatoms. The van der Waals surface area contributed by atoms with Crippen molar-refractivity contribution in [1.82, 2.24) is 10.2 Å². The van der Waals surface area contributed by atoms with E-state index >= 15 is 0 Å². The highest BCUT2D eigenvalue weighted by Crippen LogP contribution is 2.33. The Hall–Kier alpha value is -0.100. The average molecular weight is 422 g/mol. The minimum absolute atomic E-state index is 0.164. The zero-order chi connectivity index (χ0) is 15.8. The molecule has 0 aromatic heterocycles. The van der Waals surface area contributed by atoms with Crippen LogP contribution in [-0.4, -0.2) is 37.2 Å². The Morgan fingerprint density at radius 2 is 1.86 bits per heavy atom. The molecule has 0 atom stereocenters. The summed E-state index contributed by atoms with van der Waals surface area (Å²) in [5, 5.41) is 3.51. The number of benzene rings is 1. The monoisotopic (exact) mass is 420 g/mol. The van der Waals surface area contributed by atoms with Gasteiger partial charge >= 0.3 is 0 Å². The Balaban J connectivity index is 2.64. The van der Waals surface area contributed by atoms with Crippen LogP contribution in [0.1, 0.15) is 33.3 Å². The first-order valence-electron chi connectivity index (χ1n) is 7.55. The topological polar surface area (TPSA) is 24.5 Å². The quantitative estimate of drug-likeness (QED) is 0.596. The Morgan fingerprint density at radius 3 is 2.43 bits per heavy atom. The van der Waals surface area contributed by atoms with E-state index in [2.05, 4.69) is 62.0 Å². The lowest BCUT2D eigenvalue weighted by Crippen LogP contribution is -2.31. The van der Waals surface area contributed by atoms with Gasteiger partial charge in [0.2, 0.25) is 0 Å². The maximum Gasteiger partial charge on any atom is 0.138 e. The van der Waals surface area contributed by atoms with Crippen LogP contribution in [0, 0.1) is 0 Å². The Morgan fingerprint density at radius 1 is 1.19 bits per heavy atom. The molecule has 0 bridgehead atoms. The molecule has 0 saturated heterocycles. The van der Waals surface area contributed by atoms with Gasteiger partial charge in [0.1, 0.15) is 5.75 Å². The second-order valence-electron chi connectivity index (χ2n) is 5.25. The lowest BCUT2D eigenvalue weighted by atomic mass is 10.2. The molecule has 1 aromatic carbocycles. The molecule has 0 unspecified atom stereocenters. The largest absolute Gasteiger partial charge is 0.489 e. The molecule has 0 spiro atoms. The second-order valence-corrected chi connectivity index (χ2v) is 7.02. The van der Waals surface area contributed by atoms with Gasteiger partial charge in [0.15, 0.2) is 0 Å². The van der Waals surface area contributed by atoms with E-state index in [0.717, 1.165) is 47.4 Å². The molecule has 1 N–H and O–H groups in total. The van der Waals surface area contributed by atoms with E-state index in [-0.39, 0.29) is 6.10 Å². The summed E-state index contributed by atoms with van der Waals surface area (Å²) in [7, 11) is 0. The molecule has 0 radical (unpaired) electrons. The molecular formula is C16H26Br2N2O. The highest BCUT2D eigenvalue weighted by Gasteiger charge is 2.11. The van der Waals surface area contributed by atoms with Gasteiger partial charge in [-0.1, -0.05) is 29.8 Å². The number of likely N-dealkylation sites (N-methyl/N-ethyl adjacent to an activating group) is 1. The van der Waals surface area contributed by atoms with Crippen molar-refractivity contribution < 1.29 is 4.74 Å². The molecule has 21 heavy (non-hydrogen) atoms. The van der Waals surface area contributed by atoms with E-state index in [1.54, 1.807) is 0 Å². The normalized spacial score (nSPS) is 11.4. The van der Waals surface area contributed by atoms with Crippen molar-refractivity contribution in [3.05, 3.63) is 26.6 Å². The zero-order valence-corrected chi connectivity index (χ0v) is 16.6. The summed E-state index contributed by atoms with van der Waals surface area (Å²) in [6, 6.07) is 4.14. The summed E-state index contributed by atoms with van der Waals surface area (Å²) < 4.78 is 7.99. The first-order valence-corrected chi connectivity index (χ1v) is 9.14. The van der Waals surface area contributed by atoms with Crippen molar-refractivity contribution in [2.75, 3.05) is 26.2 Å². The molecule has 0 aliphatic carbocycles. The van der Waals surface area contributed by atoms with E-state index in [1.807, 2.05) is 19.9 Å². The molecule has 0 fully saturated rings. The van der Waals surface area contributed by atoms with Crippen LogP contribution in [0.5, 0.6) is 5.75 Å². The Labute approximate surface area is 145 Å². The van der Waals surface area contributed by atoms with Crippen molar-refractivity contribution in [3.8, 4) is 5.75 Å². The van der Waals surface area contributed by atoms with Gasteiger partial charge in [-0.2, -0.15) is 0 Å². The SMILES string of the molecule is CCN(CC)CCNCc1cc(Br)cc(Br)c1OC(C)C. The van der Waals surface area contributed by atoms with Gasteiger partial charge in [-0.15, -0.1) is 0 Å². The van der Waals surface area contributed by atoms with Crippen LogP contribution in [0.4, 0.5) is 0 Å². The van der Waals surface area contributed by atoms with Gasteiger partial charge in [0.05, 0.1) is 10.6 Å². The van der Waals surface area contributed by atoms with Crippen LogP contribution in [0.2, 0.25) is 0 Å².